The maximum atomic E-state index is 14.0. The second kappa shape index (κ2) is 11.7. The molecule has 0 radical (unpaired) electrons. The highest BCUT2D eigenvalue weighted by Crippen LogP contribution is 2.51. The highest BCUT2D eigenvalue weighted by Gasteiger charge is 2.54. The zero-order valence-corrected chi connectivity index (χ0v) is 21.8. The number of fused-ring (bicyclic) bond motifs is 1. The maximum absolute atomic E-state index is 14.0. The minimum atomic E-state index is -4.87. The largest absolute Gasteiger partial charge is 0.508 e. The van der Waals surface area contributed by atoms with Gasteiger partial charge in [0.2, 0.25) is 0 Å². The van der Waals surface area contributed by atoms with Crippen LogP contribution in [0.4, 0.5) is 13.2 Å². The topological polar surface area (TPSA) is 78.9 Å². The van der Waals surface area contributed by atoms with Crippen molar-refractivity contribution in [2.45, 2.75) is 56.5 Å². The lowest BCUT2D eigenvalue weighted by Crippen LogP contribution is -2.64. The molecule has 1 aliphatic heterocycles. The van der Waals surface area contributed by atoms with Crippen LogP contribution in [0.1, 0.15) is 43.7 Å². The van der Waals surface area contributed by atoms with Crippen LogP contribution in [0.2, 0.25) is 0 Å². The minimum absolute atomic E-state index is 0.0643. The molecule has 208 valence electrons. The smallest absolute Gasteiger partial charge is 0.421 e. The van der Waals surface area contributed by atoms with E-state index in [1.165, 1.54) is 19.1 Å². The first kappa shape index (κ1) is 28.4. The number of nitrogens with zero attached hydrogens (tertiary/aromatic N) is 1. The molecule has 1 heterocycles. The Hall–Kier alpha value is -3.59. The number of halogens is 3. The Morgan fingerprint density at radius 2 is 1.95 bits per heavy atom. The lowest BCUT2D eigenvalue weighted by atomic mass is 9.57. The predicted molar refractivity (Wildman–Crippen MR) is 141 cm³/mol. The van der Waals surface area contributed by atoms with Crippen molar-refractivity contribution in [1.82, 2.24) is 10.2 Å². The van der Waals surface area contributed by atoms with E-state index in [2.05, 4.69) is 11.9 Å². The Kier molecular flexibility index (Phi) is 8.49. The fourth-order valence-electron chi connectivity index (χ4n) is 6.14. The number of alkyl halides is 3. The van der Waals surface area contributed by atoms with Gasteiger partial charge < -0.3 is 15.2 Å². The molecule has 2 N–H and O–H groups in total. The van der Waals surface area contributed by atoms with E-state index in [-0.39, 0.29) is 23.7 Å². The summed E-state index contributed by atoms with van der Waals surface area (Å²) < 4.78 is 47.9. The zero-order valence-electron chi connectivity index (χ0n) is 21.8. The van der Waals surface area contributed by atoms with Gasteiger partial charge in [-0.05, 0) is 55.0 Å². The summed E-state index contributed by atoms with van der Waals surface area (Å²) in [6.45, 7) is 5.82. The third-order valence-electron chi connectivity index (χ3n) is 7.76. The van der Waals surface area contributed by atoms with Gasteiger partial charge >= 0.3 is 12.1 Å². The van der Waals surface area contributed by atoms with Gasteiger partial charge in [-0.25, -0.2) is 0 Å². The van der Waals surface area contributed by atoms with Crippen molar-refractivity contribution < 1.29 is 32.6 Å². The molecule has 2 aromatic carbocycles. The minimum Gasteiger partial charge on any atom is -0.508 e. The first-order valence-electron chi connectivity index (χ1n) is 13.0. The van der Waals surface area contributed by atoms with Gasteiger partial charge in [0.1, 0.15) is 17.4 Å². The molecule has 2 aliphatic rings. The van der Waals surface area contributed by atoms with Gasteiger partial charge in [0.05, 0.1) is 6.17 Å². The summed E-state index contributed by atoms with van der Waals surface area (Å²) in [6.07, 6.45) is -1.24. The number of amides is 1. The number of piperidine rings is 1. The van der Waals surface area contributed by atoms with Crippen molar-refractivity contribution >= 4 is 18.0 Å². The lowest BCUT2D eigenvalue weighted by molar-refractivity contribution is -0.158. The molecule has 0 aromatic heterocycles. The first-order chi connectivity index (χ1) is 18.5. The van der Waals surface area contributed by atoms with E-state index in [1.54, 1.807) is 42.5 Å². The number of ether oxygens (including phenoxy) is 1. The number of hydrogen-bond acceptors (Lipinski definition) is 5. The van der Waals surface area contributed by atoms with Gasteiger partial charge in [0, 0.05) is 31.3 Å². The molecule has 1 aliphatic carbocycles. The highest BCUT2D eigenvalue weighted by molar-refractivity contribution is 5.99. The Bertz CT molecular complexity index is 1230. The third kappa shape index (κ3) is 6.36. The summed E-state index contributed by atoms with van der Waals surface area (Å²) in [5, 5.41) is 12.9. The number of carbonyl (C=O) groups excluding carboxylic acids is 2. The molecule has 6 nitrogen and oxygen atoms in total. The van der Waals surface area contributed by atoms with E-state index in [9.17, 15) is 27.9 Å². The molecule has 0 spiro atoms. The standard InChI is InChI=1S/C30H33F3N2O4/c1-3-15-35-19-25-26(39-20(2)36)13-8-14-29(25,22-11-7-12-23(37)17-22)18-27(35)34-28(38)24(30(31,32)33)16-21-9-5-4-6-10-21/h3-7,9-12,16-17,25-27,37H,1,8,13-15,18-19H2,2H3,(H,34,38)/t25?,26?,27-,29-/m0/s1. The van der Waals surface area contributed by atoms with Crippen LogP contribution in [0.3, 0.4) is 0 Å². The number of likely N-dealkylation sites (tertiary alicyclic amines) is 1. The van der Waals surface area contributed by atoms with Crippen molar-refractivity contribution in [3.8, 4) is 5.75 Å². The monoisotopic (exact) mass is 542 g/mol. The van der Waals surface area contributed by atoms with Gasteiger partial charge in [-0.3, -0.25) is 14.5 Å². The summed E-state index contributed by atoms with van der Waals surface area (Å²) in [5.74, 6) is -1.76. The number of carbonyl (C=O) groups is 2. The Balaban J connectivity index is 1.73. The number of aromatic hydroxyl groups is 1. The summed E-state index contributed by atoms with van der Waals surface area (Å²) in [6, 6.07) is 14.7. The summed E-state index contributed by atoms with van der Waals surface area (Å²) in [5.41, 5.74) is -0.867. The van der Waals surface area contributed by atoms with Crippen LogP contribution < -0.4 is 5.32 Å². The summed E-state index contributed by atoms with van der Waals surface area (Å²) >= 11 is 0. The van der Waals surface area contributed by atoms with Crippen LogP contribution in [0, 0.1) is 5.92 Å². The van der Waals surface area contributed by atoms with Gasteiger partial charge in [0.15, 0.2) is 0 Å². The van der Waals surface area contributed by atoms with Gasteiger partial charge in [-0.2, -0.15) is 13.2 Å². The first-order valence-corrected chi connectivity index (χ1v) is 13.0. The molecule has 1 amide bonds. The molecule has 39 heavy (non-hydrogen) atoms. The van der Waals surface area contributed by atoms with Crippen molar-refractivity contribution in [2.75, 3.05) is 13.1 Å². The predicted octanol–water partition coefficient (Wildman–Crippen LogP) is 5.34. The van der Waals surface area contributed by atoms with Crippen molar-refractivity contribution in [1.29, 1.82) is 0 Å². The molecular formula is C30H33F3N2O4. The Morgan fingerprint density at radius 1 is 1.21 bits per heavy atom. The average Bonchev–Trinajstić information content (AvgIpc) is 2.87. The molecular weight excluding hydrogens is 509 g/mol. The fourth-order valence-corrected chi connectivity index (χ4v) is 6.14. The second-order valence-corrected chi connectivity index (χ2v) is 10.3. The van der Waals surface area contributed by atoms with Crippen LogP contribution in [-0.4, -0.2) is 53.4 Å². The molecule has 1 saturated heterocycles. The molecule has 4 rings (SSSR count). The second-order valence-electron chi connectivity index (χ2n) is 10.3. The number of benzene rings is 2. The average molecular weight is 543 g/mol. The van der Waals surface area contributed by atoms with Crippen molar-refractivity contribution in [2.24, 2.45) is 5.92 Å². The highest BCUT2D eigenvalue weighted by atomic mass is 19.4. The molecule has 2 unspecified atom stereocenters. The Morgan fingerprint density at radius 3 is 2.59 bits per heavy atom. The number of phenolic OH excluding ortho intramolecular Hbond substituents is 1. The number of rotatable bonds is 7. The van der Waals surface area contributed by atoms with Crippen LogP contribution in [0.25, 0.3) is 6.08 Å². The van der Waals surface area contributed by atoms with E-state index in [0.717, 1.165) is 11.6 Å². The lowest BCUT2D eigenvalue weighted by Gasteiger charge is -2.56. The van der Waals surface area contributed by atoms with E-state index in [4.69, 9.17) is 4.74 Å². The maximum Gasteiger partial charge on any atom is 0.421 e. The van der Waals surface area contributed by atoms with Gasteiger partial charge in [-0.1, -0.05) is 48.5 Å². The van der Waals surface area contributed by atoms with Crippen LogP contribution in [0.15, 0.2) is 72.8 Å². The molecule has 1 saturated carbocycles. The van der Waals surface area contributed by atoms with E-state index < -0.39 is 41.3 Å². The fraction of sp³-hybridized carbons (Fsp3) is 0.400. The van der Waals surface area contributed by atoms with Gasteiger partial charge in [-0.15, -0.1) is 6.58 Å². The molecule has 0 bridgehead atoms. The van der Waals surface area contributed by atoms with E-state index in [1.807, 2.05) is 11.0 Å². The van der Waals surface area contributed by atoms with Crippen LogP contribution in [-0.2, 0) is 19.7 Å². The Labute approximate surface area is 226 Å². The summed E-state index contributed by atoms with van der Waals surface area (Å²) in [7, 11) is 0. The number of nitrogens with one attached hydrogen (secondary N) is 1. The van der Waals surface area contributed by atoms with Crippen molar-refractivity contribution in [3.63, 3.8) is 0 Å². The summed E-state index contributed by atoms with van der Waals surface area (Å²) in [4.78, 5) is 27.0. The van der Waals surface area contributed by atoms with Gasteiger partial charge in [0.25, 0.3) is 5.91 Å². The number of phenols is 1. The molecule has 9 heteroatoms. The van der Waals surface area contributed by atoms with Crippen LogP contribution in [0.5, 0.6) is 5.75 Å². The number of hydrogen-bond donors (Lipinski definition) is 2. The molecule has 2 fully saturated rings. The molecule has 2 aromatic rings. The normalized spacial score (nSPS) is 25.8. The van der Waals surface area contributed by atoms with E-state index in [0.29, 0.717) is 32.4 Å². The third-order valence-corrected chi connectivity index (χ3v) is 7.76. The van der Waals surface area contributed by atoms with E-state index >= 15 is 0 Å². The van der Waals surface area contributed by atoms with Crippen LogP contribution >= 0.6 is 0 Å². The SMILES string of the molecule is C=CCN1CC2C(OC(C)=O)CCC[C@@]2(c2cccc(O)c2)C[C@H]1NC(=O)C(=Cc1ccccc1)C(F)(F)F. The van der Waals surface area contributed by atoms with Crippen molar-refractivity contribution in [3.05, 3.63) is 84.0 Å². The zero-order chi connectivity index (χ0) is 28.2. The molecule has 4 atom stereocenters. The quantitative estimate of drug-likeness (QED) is 0.281. The number of esters is 1.